The summed E-state index contributed by atoms with van der Waals surface area (Å²) >= 11 is 0. The molecule has 7 heteroatoms. The zero-order valence-electron chi connectivity index (χ0n) is 17.3. The van der Waals surface area contributed by atoms with E-state index in [1.165, 1.54) is 5.56 Å². The molecule has 1 aromatic rings. The summed E-state index contributed by atoms with van der Waals surface area (Å²) < 4.78 is 0. The van der Waals surface area contributed by atoms with Gasteiger partial charge in [-0.25, -0.2) is 0 Å². The van der Waals surface area contributed by atoms with Crippen LogP contribution in [0.15, 0.2) is 29.3 Å². The van der Waals surface area contributed by atoms with E-state index in [-0.39, 0.29) is 36.4 Å². The number of nitrogens with one attached hydrogen (secondary N) is 2. The van der Waals surface area contributed by atoms with Gasteiger partial charge < -0.3 is 20.4 Å². The molecule has 0 aromatic heterocycles. The SMILES string of the molecule is CN=C(NCC(=O)N1CCCc2ccccc21)NC1CCN(C(C)C)CC1.I. The summed E-state index contributed by atoms with van der Waals surface area (Å²) in [7, 11) is 1.76. The number of benzene rings is 1. The first-order chi connectivity index (χ1) is 13.1. The summed E-state index contributed by atoms with van der Waals surface area (Å²) in [6, 6.07) is 9.22. The molecule has 0 unspecified atom stereocenters. The predicted molar refractivity (Wildman–Crippen MR) is 127 cm³/mol. The number of carbonyl (C=O) groups excluding carboxylic acids is 1. The zero-order chi connectivity index (χ0) is 19.2. The van der Waals surface area contributed by atoms with Crippen LogP contribution < -0.4 is 15.5 Å². The Hall–Kier alpha value is -1.35. The average Bonchev–Trinajstić information content (AvgIpc) is 2.70. The lowest BCUT2D eigenvalue weighted by molar-refractivity contribution is -0.117. The standard InChI is InChI=1S/C21H33N5O.HI/c1-16(2)25-13-10-18(11-14-25)24-21(22-3)23-15-20(27)26-12-6-8-17-7-4-5-9-19(17)26;/h4-5,7,9,16,18H,6,8,10-15H2,1-3H3,(H2,22,23,24);1H. The van der Waals surface area contributed by atoms with E-state index in [0.717, 1.165) is 57.0 Å². The molecule has 1 amide bonds. The van der Waals surface area contributed by atoms with Gasteiger partial charge >= 0.3 is 0 Å². The van der Waals surface area contributed by atoms with Crippen LogP contribution in [0.5, 0.6) is 0 Å². The highest BCUT2D eigenvalue weighted by molar-refractivity contribution is 14.0. The molecule has 3 rings (SSSR count). The molecule has 0 radical (unpaired) electrons. The fourth-order valence-electron chi connectivity index (χ4n) is 4.00. The number of piperidine rings is 1. The molecule has 6 nitrogen and oxygen atoms in total. The van der Waals surface area contributed by atoms with Crippen LogP contribution in [-0.4, -0.2) is 62.1 Å². The summed E-state index contributed by atoms with van der Waals surface area (Å²) in [5.74, 6) is 0.816. The molecule has 0 aliphatic carbocycles. The Morgan fingerprint density at radius 3 is 2.61 bits per heavy atom. The van der Waals surface area contributed by atoms with E-state index in [1.54, 1.807) is 7.05 Å². The van der Waals surface area contributed by atoms with Gasteiger partial charge in [-0.15, -0.1) is 24.0 Å². The Morgan fingerprint density at radius 1 is 1.21 bits per heavy atom. The van der Waals surface area contributed by atoms with Crippen molar-refractivity contribution in [3.8, 4) is 0 Å². The van der Waals surface area contributed by atoms with Crippen LogP contribution >= 0.6 is 24.0 Å². The molecular weight excluding hydrogens is 465 g/mol. The molecule has 2 aliphatic rings. The first kappa shape index (κ1) is 22.9. The number of hydrogen-bond donors (Lipinski definition) is 2. The van der Waals surface area contributed by atoms with Crippen LogP contribution in [0.1, 0.15) is 38.7 Å². The highest BCUT2D eigenvalue weighted by Crippen LogP contribution is 2.26. The molecule has 2 heterocycles. The quantitative estimate of drug-likeness (QED) is 0.380. The highest BCUT2D eigenvalue weighted by atomic mass is 127. The van der Waals surface area contributed by atoms with Gasteiger partial charge in [0.15, 0.2) is 5.96 Å². The van der Waals surface area contributed by atoms with Crippen molar-refractivity contribution in [1.29, 1.82) is 0 Å². The lowest BCUT2D eigenvalue weighted by Gasteiger charge is -2.35. The Bertz CT molecular complexity index is 671. The second-order valence-corrected chi connectivity index (χ2v) is 7.75. The van der Waals surface area contributed by atoms with Crippen LogP contribution in [0.3, 0.4) is 0 Å². The minimum atomic E-state index is 0. The molecule has 0 spiro atoms. The van der Waals surface area contributed by atoms with E-state index in [4.69, 9.17) is 0 Å². The van der Waals surface area contributed by atoms with Crippen LogP contribution in [-0.2, 0) is 11.2 Å². The van der Waals surface area contributed by atoms with Crippen molar-refractivity contribution in [2.75, 3.05) is 38.1 Å². The number of hydrogen-bond acceptors (Lipinski definition) is 3. The van der Waals surface area contributed by atoms with E-state index in [1.807, 2.05) is 23.1 Å². The molecule has 0 bridgehead atoms. The smallest absolute Gasteiger partial charge is 0.246 e. The number of para-hydroxylation sites is 1. The van der Waals surface area contributed by atoms with Crippen LogP contribution in [0, 0.1) is 0 Å². The van der Waals surface area contributed by atoms with Crippen LogP contribution in [0.2, 0.25) is 0 Å². The first-order valence-corrected chi connectivity index (χ1v) is 10.2. The summed E-state index contributed by atoms with van der Waals surface area (Å²) in [5, 5.41) is 6.70. The third-order valence-corrected chi connectivity index (χ3v) is 5.64. The van der Waals surface area contributed by atoms with Gasteiger partial charge in [0.2, 0.25) is 5.91 Å². The summed E-state index contributed by atoms with van der Waals surface area (Å²) in [6.07, 6.45) is 4.27. The number of nitrogens with zero attached hydrogens (tertiary/aromatic N) is 3. The predicted octanol–water partition coefficient (Wildman–Crippen LogP) is 2.62. The zero-order valence-corrected chi connectivity index (χ0v) is 19.6. The fraction of sp³-hybridized carbons (Fsp3) is 0.619. The number of carbonyl (C=O) groups is 1. The maximum atomic E-state index is 12.8. The molecular formula is C21H34IN5O. The largest absolute Gasteiger partial charge is 0.354 e. The Labute approximate surface area is 186 Å². The molecule has 0 saturated carbocycles. The molecule has 1 aromatic carbocycles. The van der Waals surface area contributed by atoms with Crippen molar-refractivity contribution >= 4 is 41.5 Å². The number of aryl methyl sites for hydroxylation is 1. The van der Waals surface area contributed by atoms with Crippen LogP contribution in [0.4, 0.5) is 5.69 Å². The van der Waals surface area contributed by atoms with E-state index < -0.39 is 0 Å². The lowest BCUT2D eigenvalue weighted by Crippen LogP contribution is -2.51. The molecule has 156 valence electrons. The van der Waals surface area contributed by atoms with E-state index in [2.05, 4.69) is 40.4 Å². The van der Waals surface area contributed by atoms with Gasteiger partial charge in [-0.3, -0.25) is 9.79 Å². The van der Waals surface area contributed by atoms with E-state index in [9.17, 15) is 4.79 Å². The number of aliphatic imine (C=N–C) groups is 1. The minimum Gasteiger partial charge on any atom is -0.354 e. The number of halogens is 1. The topological polar surface area (TPSA) is 60.0 Å². The van der Waals surface area contributed by atoms with Gasteiger partial charge in [-0.2, -0.15) is 0 Å². The highest BCUT2D eigenvalue weighted by Gasteiger charge is 2.24. The summed E-state index contributed by atoms with van der Waals surface area (Å²) in [4.78, 5) is 21.5. The van der Waals surface area contributed by atoms with Crippen molar-refractivity contribution in [2.45, 2.75) is 51.6 Å². The summed E-state index contributed by atoms with van der Waals surface area (Å²) in [5.41, 5.74) is 2.32. The van der Waals surface area contributed by atoms with Crippen molar-refractivity contribution < 1.29 is 4.79 Å². The van der Waals surface area contributed by atoms with Gasteiger partial charge in [-0.05, 0) is 51.2 Å². The van der Waals surface area contributed by atoms with Gasteiger partial charge in [0.25, 0.3) is 0 Å². The molecule has 28 heavy (non-hydrogen) atoms. The van der Waals surface area contributed by atoms with Gasteiger partial charge in [0, 0.05) is 44.5 Å². The van der Waals surface area contributed by atoms with Gasteiger partial charge in [-0.1, -0.05) is 18.2 Å². The monoisotopic (exact) mass is 499 g/mol. The number of amides is 1. The normalized spacial score (nSPS) is 18.4. The Kier molecular flexibility index (Phi) is 9.01. The summed E-state index contributed by atoms with van der Waals surface area (Å²) in [6.45, 7) is 7.76. The van der Waals surface area contributed by atoms with Crippen molar-refractivity contribution in [1.82, 2.24) is 15.5 Å². The first-order valence-electron chi connectivity index (χ1n) is 10.2. The van der Waals surface area contributed by atoms with E-state index >= 15 is 0 Å². The van der Waals surface area contributed by atoms with Gasteiger partial charge in [0.05, 0.1) is 6.54 Å². The number of anilines is 1. The third kappa shape index (κ3) is 5.83. The average molecular weight is 499 g/mol. The Morgan fingerprint density at radius 2 is 1.93 bits per heavy atom. The minimum absolute atomic E-state index is 0. The third-order valence-electron chi connectivity index (χ3n) is 5.64. The lowest BCUT2D eigenvalue weighted by atomic mass is 10.0. The molecule has 1 saturated heterocycles. The van der Waals surface area contributed by atoms with E-state index in [0.29, 0.717) is 12.1 Å². The number of fused-ring (bicyclic) bond motifs is 1. The molecule has 1 fully saturated rings. The molecule has 0 atom stereocenters. The number of guanidine groups is 1. The van der Waals surface area contributed by atoms with Crippen molar-refractivity contribution in [3.63, 3.8) is 0 Å². The maximum Gasteiger partial charge on any atom is 0.246 e. The maximum absolute atomic E-state index is 12.8. The molecule has 2 aliphatic heterocycles. The van der Waals surface area contributed by atoms with Crippen molar-refractivity contribution in [2.24, 2.45) is 4.99 Å². The second kappa shape index (κ2) is 11.0. The second-order valence-electron chi connectivity index (χ2n) is 7.75. The number of rotatable bonds is 4. The molecule has 2 N–H and O–H groups in total. The van der Waals surface area contributed by atoms with Crippen molar-refractivity contribution in [3.05, 3.63) is 29.8 Å². The fourth-order valence-corrected chi connectivity index (χ4v) is 4.00. The van der Waals surface area contributed by atoms with Crippen LogP contribution in [0.25, 0.3) is 0 Å². The number of likely N-dealkylation sites (tertiary alicyclic amines) is 1. The Balaban J connectivity index is 0.00000280. The van der Waals surface area contributed by atoms with Gasteiger partial charge in [0.1, 0.15) is 0 Å².